The van der Waals surface area contributed by atoms with Crippen molar-refractivity contribution in [1.82, 2.24) is 0 Å². The summed E-state index contributed by atoms with van der Waals surface area (Å²) in [5.41, 5.74) is 1.67. The standard InChI is InChI=1S/C21H34O4/c1-3-24-25-13-21-8-4-5-17(21)19-16(7-10-21)20(2)9-6-15(22)11-14(20)12-18(19)23/h12,15-19,22-23H,3-11,13H2,1-2H3/t15-,16+,17+,18+,19-,20+,21+/m1/s1. The number of rotatable bonds is 4. The van der Waals surface area contributed by atoms with Crippen LogP contribution >= 0.6 is 0 Å². The number of fused-ring (bicyclic) bond motifs is 5. The van der Waals surface area contributed by atoms with E-state index in [9.17, 15) is 10.2 Å². The van der Waals surface area contributed by atoms with Gasteiger partial charge < -0.3 is 10.2 Å². The van der Waals surface area contributed by atoms with Crippen LogP contribution in [0, 0.1) is 28.6 Å². The summed E-state index contributed by atoms with van der Waals surface area (Å²) in [6, 6.07) is 0. The van der Waals surface area contributed by atoms with Crippen molar-refractivity contribution in [3.05, 3.63) is 11.6 Å². The summed E-state index contributed by atoms with van der Waals surface area (Å²) >= 11 is 0. The van der Waals surface area contributed by atoms with Crippen molar-refractivity contribution in [3.63, 3.8) is 0 Å². The van der Waals surface area contributed by atoms with Gasteiger partial charge in [0.05, 0.1) is 25.4 Å². The van der Waals surface area contributed by atoms with E-state index in [1.165, 1.54) is 31.3 Å². The molecule has 0 radical (unpaired) electrons. The molecular formula is C21H34O4. The Bertz CT molecular complexity index is 532. The van der Waals surface area contributed by atoms with Crippen LogP contribution in [-0.2, 0) is 9.78 Å². The molecule has 4 aliphatic carbocycles. The quantitative estimate of drug-likeness (QED) is 0.352. The van der Waals surface area contributed by atoms with Gasteiger partial charge in [-0.15, -0.1) is 0 Å². The maximum atomic E-state index is 11.0. The molecule has 0 saturated heterocycles. The van der Waals surface area contributed by atoms with Crippen LogP contribution in [0.3, 0.4) is 0 Å². The van der Waals surface area contributed by atoms with E-state index < -0.39 is 0 Å². The van der Waals surface area contributed by atoms with E-state index in [0.717, 1.165) is 25.7 Å². The summed E-state index contributed by atoms with van der Waals surface area (Å²) < 4.78 is 0. The molecule has 0 aliphatic heterocycles. The predicted octanol–water partition coefficient (Wildman–Crippen LogP) is 3.62. The molecule has 142 valence electrons. The van der Waals surface area contributed by atoms with Crippen LogP contribution in [0.1, 0.15) is 65.2 Å². The van der Waals surface area contributed by atoms with E-state index >= 15 is 0 Å². The first-order valence-corrected chi connectivity index (χ1v) is 10.3. The summed E-state index contributed by atoms with van der Waals surface area (Å²) in [7, 11) is 0. The van der Waals surface area contributed by atoms with Crippen LogP contribution in [0.25, 0.3) is 0 Å². The van der Waals surface area contributed by atoms with Gasteiger partial charge in [-0.25, -0.2) is 9.78 Å². The Morgan fingerprint density at radius 2 is 1.92 bits per heavy atom. The maximum Gasteiger partial charge on any atom is 0.0881 e. The summed E-state index contributed by atoms with van der Waals surface area (Å²) in [6.45, 7) is 5.61. The smallest absolute Gasteiger partial charge is 0.0881 e. The minimum absolute atomic E-state index is 0.165. The largest absolute Gasteiger partial charge is 0.393 e. The fourth-order valence-electron chi connectivity index (χ4n) is 6.92. The molecule has 0 aromatic carbocycles. The second-order valence-corrected chi connectivity index (χ2v) is 9.25. The van der Waals surface area contributed by atoms with E-state index in [0.29, 0.717) is 31.0 Å². The molecule has 7 atom stereocenters. The van der Waals surface area contributed by atoms with Gasteiger partial charge in [-0.1, -0.05) is 25.0 Å². The summed E-state index contributed by atoms with van der Waals surface area (Å²) in [5.74, 6) is 1.41. The van der Waals surface area contributed by atoms with Crippen LogP contribution in [0.4, 0.5) is 0 Å². The van der Waals surface area contributed by atoms with Crippen molar-refractivity contribution in [3.8, 4) is 0 Å². The van der Waals surface area contributed by atoms with Gasteiger partial charge in [0.25, 0.3) is 0 Å². The second-order valence-electron chi connectivity index (χ2n) is 9.25. The van der Waals surface area contributed by atoms with Crippen molar-refractivity contribution in [2.24, 2.45) is 28.6 Å². The van der Waals surface area contributed by atoms with Crippen molar-refractivity contribution >= 4 is 0 Å². The first-order chi connectivity index (χ1) is 12.0. The van der Waals surface area contributed by atoms with E-state index in [-0.39, 0.29) is 23.0 Å². The highest BCUT2D eigenvalue weighted by molar-refractivity contribution is 5.27. The molecule has 0 aromatic rings. The third-order valence-corrected chi connectivity index (χ3v) is 8.18. The Morgan fingerprint density at radius 3 is 2.72 bits per heavy atom. The molecule has 0 aromatic heterocycles. The number of hydrogen-bond donors (Lipinski definition) is 2. The van der Waals surface area contributed by atoms with Crippen molar-refractivity contribution < 1.29 is 20.0 Å². The number of aliphatic hydroxyl groups is 2. The molecule has 3 fully saturated rings. The highest BCUT2D eigenvalue weighted by Gasteiger charge is 2.59. The number of aliphatic hydroxyl groups excluding tert-OH is 2. The molecule has 0 heterocycles. The van der Waals surface area contributed by atoms with Gasteiger partial charge in [-0.05, 0) is 75.0 Å². The Morgan fingerprint density at radius 1 is 1.08 bits per heavy atom. The first-order valence-electron chi connectivity index (χ1n) is 10.3. The van der Waals surface area contributed by atoms with E-state index in [4.69, 9.17) is 9.78 Å². The van der Waals surface area contributed by atoms with Crippen LogP contribution in [0.15, 0.2) is 11.6 Å². The summed E-state index contributed by atoms with van der Waals surface area (Å²) in [4.78, 5) is 10.8. The van der Waals surface area contributed by atoms with Gasteiger partial charge in [-0.2, -0.15) is 0 Å². The molecular weight excluding hydrogens is 316 g/mol. The molecule has 0 spiro atoms. The van der Waals surface area contributed by atoms with Crippen LogP contribution in [0.2, 0.25) is 0 Å². The second kappa shape index (κ2) is 6.63. The van der Waals surface area contributed by atoms with Crippen molar-refractivity contribution in [2.45, 2.75) is 77.4 Å². The maximum absolute atomic E-state index is 11.0. The fourth-order valence-corrected chi connectivity index (χ4v) is 6.92. The zero-order chi connectivity index (χ0) is 17.7. The first kappa shape index (κ1) is 18.0. The Kier molecular flexibility index (Phi) is 4.77. The highest BCUT2D eigenvalue weighted by Crippen LogP contribution is 2.65. The van der Waals surface area contributed by atoms with Gasteiger partial charge in [0.2, 0.25) is 0 Å². The lowest BCUT2D eigenvalue weighted by molar-refractivity contribution is -0.314. The average molecular weight is 350 g/mol. The normalized spacial score (nSPS) is 49.1. The SMILES string of the molecule is CCOOC[C@@]12CCC[C@H]1[C@@H]1[C@@H](O)C=C3C[C@H](O)CC[C@]3(C)[C@H]1CC2. The molecule has 25 heavy (non-hydrogen) atoms. The van der Waals surface area contributed by atoms with Crippen molar-refractivity contribution in [2.75, 3.05) is 13.2 Å². The highest BCUT2D eigenvalue weighted by atomic mass is 17.2. The van der Waals surface area contributed by atoms with Crippen LogP contribution < -0.4 is 0 Å². The van der Waals surface area contributed by atoms with Gasteiger partial charge in [0.15, 0.2) is 0 Å². The molecule has 4 rings (SSSR count). The van der Waals surface area contributed by atoms with Gasteiger partial charge in [-0.3, -0.25) is 0 Å². The summed E-state index contributed by atoms with van der Waals surface area (Å²) in [6.07, 6.45) is 10.2. The average Bonchev–Trinajstić information content (AvgIpc) is 3.01. The Balaban J connectivity index is 1.62. The monoisotopic (exact) mass is 350 g/mol. The third kappa shape index (κ3) is 2.80. The number of hydrogen-bond acceptors (Lipinski definition) is 4. The minimum Gasteiger partial charge on any atom is -0.393 e. The fraction of sp³-hybridized carbons (Fsp3) is 0.905. The van der Waals surface area contributed by atoms with Gasteiger partial charge in [0.1, 0.15) is 0 Å². The topological polar surface area (TPSA) is 58.9 Å². The lowest BCUT2D eigenvalue weighted by atomic mass is 9.47. The van der Waals surface area contributed by atoms with Crippen molar-refractivity contribution in [1.29, 1.82) is 0 Å². The Hall–Kier alpha value is -0.420. The van der Waals surface area contributed by atoms with Crippen LogP contribution in [-0.4, -0.2) is 35.6 Å². The third-order valence-electron chi connectivity index (χ3n) is 8.18. The molecule has 3 saturated carbocycles. The predicted molar refractivity (Wildman–Crippen MR) is 95.6 cm³/mol. The lowest BCUT2D eigenvalue weighted by Crippen LogP contribution is -2.55. The van der Waals surface area contributed by atoms with Crippen LogP contribution in [0.5, 0.6) is 0 Å². The van der Waals surface area contributed by atoms with Gasteiger partial charge >= 0.3 is 0 Å². The molecule has 0 bridgehead atoms. The molecule has 0 amide bonds. The molecule has 4 aliphatic rings. The van der Waals surface area contributed by atoms with E-state index in [2.05, 4.69) is 13.0 Å². The summed E-state index contributed by atoms with van der Waals surface area (Å²) in [5, 5.41) is 21.2. The van der Waals surface area contributed by atoms with Gasteiger partial charge in [0, 0.05) is 5.41 Å². The molecule has 0 unspecified atom stereocenters. The Labute approximate surface area is 151 Å². The lowest BCUT2D eigenvalue weighted by Gasteiger charge is -2.58. The zero-order valence-electron chi connectivity index (χ0n) is 15.7. The molecule has 4 nitrogen and oxygen atoms in total. The minimum atomic E-state index is -0.367. The van der Waals surface area contributed by atoms with E-state index in [1.54, 1.807) is 0 Å². The zero-order valence-corrected chi connectivity index (χ0v) is 15.7. The van der Waals surface area contributed by atoms with E-state index in [1.807, 2.05) is 6.92 Å². The molecule has 2 N–H and O–H groups in total. The molecule has 4 heteroatoms.